The van der Waals surface area contributed by atoms with E-state index in [0.29, 0.717) is 0 Å². The van der Waals surface area contributed by atoms with Crippen molar-refractivity contribution in [3.05, 3.63) is 0 Å². The van der Waals surface area contributed by atoms with E-state index in [1.54, 1.807) is 0 Å². The summed E-state index contributed by atoms with van der Waals surface area (Å²) in [5.41, 5.74) is 0. The average molecular weight is 1300 g/mol. The number of rotatable bonds is 8. The molecule has 40 atom stereocenters. The largest absolute Gasteiger partial charge is 0.394 e. The van der Waals surface area contributed by atoms with E-state index < -0.39 is 299 Å². The summed E-state index contributed by atoms with van der Waals surface area (Å²) in [5.74, 6) is 0. The molecule has 0 amide bonds. The second-order valence-electron chi connectivity index (χ2n) is 22.5. The minimum absolute atomic E-state index is 1.08. The van der Waals surface area contributed by atoms with E-state index in [0.717, 1.165) is 0 Å². The summed E-state index contributed by atoms with van der Waals surface area (Å²) in [5, 5.41) is 265. The van der Waals surface area contributed by atoms with Crippen LogP contribution >= 0.6 is 0 Å². The zero-order chi connectivity index (χ0) is 64.1. The molecule has 512 valence electrons. The van der Waals surface area contributed by atoms with Crippen molar-refractivity contribution in [2.24, 2.45) is 0 Å². The molecule has 0 saturated carbocycles. The standard InChI is InChI=1S/C48H80O40/c49-1-9-33-17(57)25(65)41(73-9)82-34-10(2-50)75-43(27(67)19(34)59)84-36-12(4-52)77-45(29(69)21(36)61)86-38-14(6-54)79-47(31(71)23(38)63)88-40-16(8-56)80-48(32(72)24(40)64)87-39-15(7-55)78-46(30(70)22(39)62)85-37-13(5-53)76-44(28(68)20(37)60)83-35-11(3-51)74-42(81-33)26(66)18(35)58/h9-72H,1-8H2/t9?,10?,11?,12?,13?,14?,15?,16?,17-,18-,19-,20-,21-,22-,23-,24-,25-,26+,27+,28+,29+,30+,31+,32+,33?,34?,35?,36?,37?,38?,39?,40?,41-,42-,43+,44+,45+,46+,47-,48+/m0/s1. The van der Waals surface area contributed by atoms with Gasteiger partial charge in [-0.15, -0.1) is 0 Å². The van der Waals surface area contributed by atoms with Gasteiger partial charge in [-0.1, -0.05) is 0 Å². The second-order valence-corrected chi connectivity index (χ2v) is 22.5. The molecule has 88 heavy (non-hydrogen) atoms. The molecule has 40 nitrogen and oxygen atoms in total. The van der Waals surface area contributed by atoms with E-state index in [9.17, 15) is 123 Å². The lowest BCUT2D eigenvalue weighted by Gasteiger charge is -2.50. The third-order valence-electron chi connectivity index (χ3n) is 16.9. The first-order chi connectivity index (χ1) is 41.9. The molecule has 0 radical (unpaired) electrons. The van der Waals surface area contributed by atoms with Gasteiger partial charge in [0.15, 0.2) is 50.3 Å². The molecule has 30 aliphatic rings. The van der Waals surface area contributed by atoms with Gasteiger partial charge in [-0.2, -0.15) is 0 Å². The van der Waals surface area contributed by atoms with Gasteiger partial charge in [0.2, 0.25) is 0 Å². The van der Waals surface area contributed by atoms with Crippen molar-refractivity contribution in [3.63, 3.8) is 0 Å². The zero-order valence-corrected chi connectivity index (χ0v) is 46.0. The molecule has 0 aromatic carbocycles. The molecule has 0 spiro atoms. The van der Waals surface area contributed by atoms with Gasteiger partial charge in [0.05, 0.1) is 52.9 Å². The van der Waals surface area contributed by atoms with E-state index in [2.05, 4.69) is 0 Å². The molecule has 30 rings (SSSR count). The lowest BCUT2D eigenvalue weighted by Crippen LogP contribution is -2.69. The Labute approximate surface area is 496 Å². The Morgan fingerprint density at radius 3 is 0.307 bits per heavy atom. The van der Waals surface area contributed by atoms with Crippen molar-refractivity contribution in [3.8, 4) is 0 Å². The maximum Gasteiger partial charge on any atom is 0.187 e. The van der Waals surface area contributed by atoms with Gasteiger partial charge >= 0.3 is 0 Å². The first-order valence-corrected chi connectivity index (χ1v) is 28.1. The fourth-order valence-electron chi connectivity index (χ4n) is 11.9. The van der Waals surface area contributed by atoms with Crippen molar-refractivity contribution in [1.82, 2.24) is 0 Å². The van der Waals surface area contributed by atoms with E-state index >= 15 is 0 Å². The Morgan fingerprint density at radius 1 is 0.136 bits per heavy atom. The molecule has 24 N–H and O–H groups in total. The highest BCUT2D eigenvalue weighted by atomic mass is 16.8. The Hall–Kier alpha value is -1.60. The zero-order valence-electron chi connectivity index (χ0n) is 46.0. The number of aliphatic hydroxyl groups excluding tert-OH is 24. The fraction of sp³-hybridized carbons (Fsp3) is 1.00. The van der Waals surface area contributed by atoms with Crippen LogP contribution in [0.4, 0.5) is 0 Å². The third kappa shape index (κ3) is 13.8. The summed E-state index contributed by atoms with van der Waals surface area (Å²) in [7, 11) is 0. The quantitative estimate of drug-likeness (QED) is 0.107. The van der Waals surface area contributed by atoms with Crippen LogP contribution in [0.1, 0.15) is 0 Å². The summed E-state index contributed by atoms with van der Waals surface area (Å²) < 4.78 is 91.1. The van der Waals surface area contributed by atoms with Crippen LogP contribution in [0.2, 0.25) is 0 Å². The Kier molecular flexibility index (Phi) is 24.1. The normalized spacial score (nSPS) is 55.4. The topological polar surface area (TPSA) is 633 Å². The van der Waals surface area contributed by atoms with Crippen LogP contribution in [0, 0.1) is 0 Å². The summed E-state index contributed by atoms with van der Waals surface area (Å²) in [6.45, 7) is -8.64. The number of hydrogen-bond acceptors (Lipinski definition) is 40. The highest BCUT2D eigenvalue weighted by molar-refractivity contribution is 5.02. The van der Waals surface area contributed by atoms with Crippen molar-refractivity contribution >= 4 is 0 Å². The Balaban J connectivity index is 0.975. The van der Waals surface area contributed by atoms with Gasteiger partial charge in [-0.3, -0.25) is 0 Å². The van der Waals surface area contributed by atoms with Crippen LogP contribution in [0.25, 0.3) is 0 Å². The van der Waals surface area contributed by atoms with Gasteiger partial charge in [-0.25, -0.2) is 0 Å². The van der Waals surface area contributed by atoms with Gasteiger partial charge in [0, 0.05) is 0 Å². The molecule has 0 aromatic rings. The SMILES string of the molecule is OCC1O[C@H]2OC3C(CO)O[C@H](OC4C(CO)O[C@H](OC5C(CO)O[C@@H](OC6C(CO)O[C@H](OC7C(CO)O[C@H](OC8C(CO)O[C@H](OC9C(CO)O[C@@H](OC1[C@@H](O)[C@@H]2O)[C@H](O)[C@@H]9O)[C@H](O)[C@@H]8O)[C@H](O)[C@@H]7O)[C@H](O)[C@@H]6O)[C@H](O)[C@@H]5O)[C@H](O)[C@@H]4O)[C@H](O)[C@@H]3O. The van der Waals surface area contributed by atoms with Gasteiger partial charge in [0.25, 0.3) is 0 Å². The van der Waals surface area contributed by atoms with E-state index in [1.165, 1.54) is 0 Å². The average Bonchev–Trinajstić information content (AvgIpc) is 0.985. The lowest BCUT2D eigenvalue weighted by molar-refractivity contribution is -0.404. The predicted octanol–water partition coefficient (Wildman–Crippen LogP) is -17.4. The molecule has 30 heterocycles. The minimum Gasteiger partial charge on any atom is -0.394 e. The van der Waals surface area contributed by atoms with Crippen molar-refractivity contribution < 1.29 is 198 Å². The fourth-order valence-corrected chi connectivity index (χ4v) is 11.9. The maximum atomic E-state index is 11.4. The highest BCUT2D eigenvalue weighted by Crippen LogP contribution is 2.40. The third-order valence-corrected chi connectivity index (χ3v) is 16.9. The van der Waals surface area contributed by atoms with Crippen LogP contribution < -0.4 is 0 Å². The second kappa shape index (κ2) is 30.0. The first kappa shape index (κ1) is 70.7. The maximum absolute atomic E-state index is 11.4. The van der Waals surface area contributed by atoms with Crippen LogP contribution in [-0.4, -0.2) is 421 Å². The summed E-state index contributed by atoms with van der Waals surface area (Å²) in [4.78, 5) is 0. The molecule has 0 aliphatic carbocycles. The molecule has 40 heteroatoms. The molecule has 30 saturated heterocycles. The van der Waals surface area contributed by atoms with Crippen LogP contribution in [0.3, 0.4) is 0 Å². The highest BCUT2D eigenvalue weighted by Gasteiger charge is 2.60. The van der Waals surface area contributed by atoms with E-state index in [4.69, 9.17) is 75.8 Å². The predicted molar refractivity (Wildman–Crippen MR) is 261 cm³/mol. The van der Waals surface area contributed by atoms with Crippen LogP contribution in [0.15, 0.2) is 0 Å². The molecule has 0 aromatic heterocycles. The minimum atomic E-state index is -2.25. The Morgan fingerprint density at radius 2 is 0.227 bits per heavy atom. The van der Waals surface area contributed by atoms with E-state index in [1.807, 2.05) is 0 Å². The van der Waals surface area contributed by atoms with Gasteiger partial charge < -0.3 is 198 Å². The summed E-state index contributed by atoms with van der Waals surface area (Å²) in [6.07, 6.45) is -82.0. The van der Waals surface area contributed by atoms with Crippen molar-refractivity contribution in [2.45, 2.75) is 246 Å². The van der Waals surface area contributed by atoms with Gasteiger partial charge in [-0.05, 0) is 0 Å². The molecular weight excluding hydrogens is 1220 g/mol. The molecule has 16 bridgehead atoms. The monoisotopic (exact) mass is 1300 g/mol. The molecule has 30 aliphatic heterocycles. The smallest absolute Gasteiger partial charge is 0.187 e. The first-order valence-electron chi connectivity index (χ1n) is 28.1. The van der Waals surface area contributed by atoms with E-state index in [-0.39, 0.29) is 0 Å². The van der Waals surface area contributed by atoms with Crippen molar-refractivity contribution in [2.75, 3.05) is 52.9 Å². The summed E-state index contributed by atoms with van der Waals surface area (Å²) >= 11 is 0. The van der Waals surface area contributed by atoms with Gasteiger partial charge in [0.1, 0.15) is 195 Å². The lowest BCUT2D eigenvalue weighted by atomic mass is 9.94. The number of hydrogen-bond donors (Lipinski definition) is 24. The summed E-state index contributed by atoms with van der Waals surface area (Å²) in [6, 6.07) is 0. The van der Waals surface area contributed by atoms with Crippen LogP contribution in [-0.2, 0) is 75.8 Å². The number of aliphatic hydroxyl groups is 24. The Bertz CT molecular complexity index is 1700. The molecular formula is C48H80O40. The van der Waals surface area contributed by atoms with Crippen LogP contribution in [0.5, 0.6) is 0 Å². The molecule has 16 unspecified atom stereocenters. The number of ether oxygens (including phenoxy) is 16. The van der Waals surface area contributed by atoms with Crippen molar-refractivity contribution in [1.29, 1.82) is 0 Å². The molecule has 30 fully saturated rings.